The molecule has 1 aliphatic rings. The van der Waals surface area contributed by atoms with E-state index >= 15 is 0 Å². The third kappa shape index (κ3) is 6.27. The Labute approximate surface area is 165 Å². The fourth-order valence-electron chi connectivity index (χ4n) is 3.27. The largest absolute Gasteiger partial charge is 0.394 e. The van der Waals surface area contributed by atoms with Gasteiger partial charge in [-0.3, -0.25) is 9.59 Å². The molecule has 1 aromatic carbocycles. The first kappa shape index (κ1) is 22.3. The van der Waals surface area contributed by atoms with Gasteiger partial charge in [-0.1, -0.05) is 30.3 Å². The van der Waals surface area contributed by atoms with Crippen molar-refractivity contribution in [3.05, 3.63) is 35.9 Å². The lowest BCUT2D eigenvalue weighted by atomic mass is 9.97. The summed E-state index contributed by atoms with van der Waals surface area (Å²) in [5.74, 6) is -0.616. The van der Waals surface area contributed by atoms with Crippen molar-refractivity contribution in [2.45, 2.75) is 63.7 Å². The number of hydrogen-bond acceptors (Lipinski definition) is 6. The predicted molar refractivity (Wildman–Crippen MR) is 103 cm³/mol. The highest BCUT2D eigenvalue weighted by atomic mass is 16.6. The van der Waals surface area contributed by atoms with E-state index in [9.17, 15) is 19.8 Å². The van der Waals surface area contributed by atoms with E-state index in [2.05, 4.69) is 10.6 Å². The maximum Gasteiger partial charge on any atom is 0.249 e. The third-order valence-electron chi connectivity index (χ3n) is 4.68. The molecule has 28 heavy (non-hydrogen) atoms. The van der Waals surface area contributed by atoms with Gasteiger partial charge in [-0.05, 0) is 25.8 Å². The van der Waals surface area contributed by atoms with Gasteiger partial charge in [0.15, 0.2) is 0 Å². The van der Waals surface area contributed by atoms with Crippen molar-refractivity contribution in [1.82, 2.24) is 10.6 Å². The second-order valence-corrected chi connectivity index (χ2v) is 7.19. The second-order valence-electron chi connectivity index (χ2n) is 7.19. The lowest BCUT2D eigenvalue weighted by Crippen LogP contribution is -2.62. The molecule has 0 aromatic heterocycles. The monoisotopic (exact) mass is 394 g/mol. The number of hydrogen-bond donors (Lipinski definition) is 4. The summed E-state index contributed by atoms with van der Waals surface area (Å²) in [7, 11) is 0. The fraction of sp³-hybridized carbons (Fsp3) is 0.600. The van der Waals surface area contributed by atoms with E-state index < -0.39 is 30.5 Å². The van der Waals surface area contributed by atoms with Gasteiger partial charge in [0.2, 0.25) is 11.8 Å². The molecule has 156 valence electrons. The van der Waals surface area contributed by atoms with E-state index in [4.69, 9.17) is 9.47 Å². The second kappa shape index (κ2) is 10.5. The van der Waals surface area contributed by atoms with Crippen LogP contribution in [0, 0.1) is 0 Å². The SMILES string of the molecule is CC(=O)N[C@@H]1CO[C@H](CO)[C@@H](O)[C@@H]1OC(C)C(=O)NC(C)Cc1ccccc1. The van der Waals surface area contributed by atoms with Gasteiger partial charge in [-0.15, -0.1) is 0 Å². The molecule has 0 bridgehead atoms. The summed E-state index contributed by atoms with van der Waals surface area (Å²) >= 11 is 0. The lowest BCUT2D eigenvalue weighted by molar-refractivity contribution is -0.193. The molecular formula is C20H30N2O6. The number of rotatable bonds is 8. The van der Waals surface area contributed by atoms with E-state index in [1.807, 2.05) is 37.3 Å². The Morgan fingerprint density at radius 3 is 2.57 bits per heavy atom. The predicted octanol–water partition coefficient (Wildman–Crippen LogP) is -0.236. The average Bonchev–Trinajstić information content (AvgIpc) is 2.65. The molecule has 1 heterocycles. The maximum atomic E-state index is 12.5. The molecule has 8 nitrogen and oxygen atoms in total. The molecular weight excluding hydrogens is 364 g/mol. The summed E-state index contributed by atoms with van der Waals surface area (Å²) in [5, 5.41) is 25.3. The van der Waals surface area contributed by atoms with Crippen molar-refractivity contribution in [3.8, 4) is 0 Å². The lowest BCUT2D eigenvalue weighted by Gasteiger charge is -2.40. The number of aliphatic hydroxyl groups excluding tert-OH is 2. The first-order chi connectivity index (χ1) is 13.3. The van der Waals surface area contributed by atoms with Crippen LogP contribution in [-0.4, -0.2) is 71.7 Å². The van der Waals surface area contributed by atoms with Gasteiger partial charge >= 0.3 is 0 Å². The number of aliphatic hydroxyl groups is 2. The van der Waals surface area contributed by atoms with Crippen LogP contribution < -0.4 is 10.6 Å². The van der Waals surface area contributed by atoms with Crippen molar-refractivity contribution in [2.24, 2.45) is 0 Å². The molecule has 0 saturated carbocycles. The van der Waals surface area contributed by atoms with Crippen LogP contribution in [0.4, 0.5) is 0 Å². The van der Waals surface area contributed by atoms with E-state index in [0.717, 1.165) is 5.56 Å². The number of carbonyl (C=O) groups is 2. The Hall–Kier alpha value is -2.00. The first-order valence-corrected chi connectivity index (χ1v) is 9.49. The van der Waals surface area contributed by atoms with Crippen LogP contribution in [0.15, 0.2) is 30.3 Å². The number of benzene rings is 1. The van der Waals surface area contributed by atoms with Crippen molar-refractivity contribution in [3.63, 3.8) is 0 Å². The minimum absolute atomic E-state index is 0.0747. The molecule has 2 rings (SSSR count). The number of amides is 2. The van der Waals surface area contributed by atoms with E-state index in [1.54, 1.807) is 6.92 Å². The highest BCUT2D eigenvalue weighted by Crippen LogP contribution is 2.20. The van der Waals surface area contributed by atoms with Crippen molar-refractivity contribution in [2.75, 3.05) is 13.2 Å². The number of ether oxygens (including phenoxy) is 2. The first-order valence-electron chi connectivity index (χ1n) is 9.49. The van der Waals surface area contributed by atoms with Gasteiger partial charge in [0.25, 0.3) is 0 Å². The molecule has 8 heteroatoms. The molecule has 2 unspecified atom stereocenters. The Bertz CT molecular complexity index is 641. The summed E-state index contributed by atoms with van der Waals surface area (Å²) in [5.41, 5.74) is 1.11. The van der Waals surface area contributed by atoms with Crippen molar-refractivity contribution in [1.29, 1.82) is 0 Å². The van der Waals surface area contributed by atoms with Crippen LogP contribution in [-0.2, 0) is 25.5 Å². The van der Waals surface area contributed by atoms with Crippen LogP contribution in [0.25, 0.3) is 0 Å². The molecule has 2 amide bonds. The molecule has 0 aliphatic carbocycles. The summed E-state index contributed by atoms with van der Waals surface area (Å²) in [6.07, 6.45) is -3.05. The molecule has 1 aliphatic heterocycles. The molecule has 6 atom stereocenters. The summed E-state index contributed by atoms with van der Waals surface area (Å²) in [6, 6.07) is 9.10. The minimum atomic E-state index is -1.17. The Balaban J connectivity index is 1.95. The van der Waals surface area contributed by atoms with Crippen LogP contribution >= 0.6 is 0 Å². The smallest absolute Gasteiger partial charge is 0.249 e. The fourth-order valence-corrected chi connectivity index (χ4v) is 3.27. The van der Waals surface area contributed by atoms with Gasteiger partial charge in [0.1, 0.15) is 24.4 Å². The van der Waals surface area contributed by atoms with Crippen LogP contribution in [0.5, 0.6) is 0 Å². The van der Waals surface area contributed by atoms with Crippen LogP contribution in [0.2, 0.25) is 0 Å². The van der Waals surface area contributed by atoms with E-state index in [-0.39, 0.29) is 31.1 Å². The minimum Gasteiger partial charge on any atom is -0.394 e. The number of nitrogens with one attached hydrogen (secondary N) is 2. The molecule has 0 spiro atoms. The van der Waals surface area contributed by atoms with Gasteiger partial charge < -0.3 is 30.3 Å². The highest BCUT2D eigenvalue weighted by Gasteiger charge is 2.42. The van der Waals surface area contributed by atoms with Crippen molar-refractivity contribution < 1.29 is 29.3 Å². The summed E-state index contributed by atoms with van der Waals surface area (Å²) in [6.45, 7) is 4.53. The molecule has 1 saturated heterocycles. The zero-order valence-corrected chi connectivity index (χ0v) is 16.5. The van der Waals surface area contributed by atoms with Crippen LogP contribution in [0.3, 0.4) is 0 Å². The third-order valence-corrected chi connectivity index (χ3v) is 4.68. The van der Waals surface area contributed by atoms with Gasteiger partial charge in [-0.25, -0.2) is 0 Å². The summed E-state index contributed by atoms with van der Waals surface area (Å²) in [4.78, 5) is 23.9. The van der Waals surface area contributed by atoms with E-state index in [0.29, 0.717) is 6.42 Å². The normalized spacial score (nSPS) is 26.9. The van der Waals surface area contributed by atoms with Gasteiger partial charge in [0.05, 0.1) is 19.3 Å². The van der Waals surface area contributed by atoms with Crippen molar-refractivity contribution >= 4 is 11.8 Å². The Kier molecular flexibility index (Phi) is 8.37. The Morgan fingerprint density at radius 1 is 1.29 bits per heavy atom. The quantitative estimate of drug-likeness (QED) is 0.484. The van der Waals surface area contributed by atoms with E-state index in [1.165, 1.54) is 6.92 Å². The zero-order valence-electron chi connectivity index (χ0n) is 16.5. The molecule has 1 fully saturated rings. The molecule has 1 aromatic rings. The average molecular weight is 394 g/mol. The molecule has 4 N–H and O–H groups in total. The standard InChI is InChI=1S/C20H30N2O6/c1-12(9-15-7-5-4-6-8-15)21-20(26)13(2)28-19-16(22-14(3)24)11-27-17(10-23)18(19)25/h4-8,12-13,16-19,23,25H,9-11H2,1-3H3,(H,21,26)(H,22,24)/t12?,13?,16-,17-,18-,19-/m1/s1. The number of carbonyl (C=O) groups excluding carboxylic acids is 2. The van der Waals surface area contributed by atoms with Crippen LogP contribution in [0.1, 0.15) is 26.3 Å². The zero-order chi connectivity index (χ0) is 20.7. The topological polar surface area (TPSA) is 117 Å². The van der Waals surface area contributed by atoms with Gasteiger partial charge in [-0.2, -0.15) is 0 Å². The Morgan fingerprint density at radius 2 is 1.96 bits per heavy atom. The maximum absolute atomic E-state index is 12.5. The summed E-state index contributed by atoms with van der Waals surface area (Å²) < 4.78 is 11.2. The molecule has 0 radical (unpaired) electrons. The highest BCUT2D eigenvalue weighted by molar-refractivity contribution is 5.80. The van der Waals surface area contributed by atoms with Gasteiger partial charge in [0, 0.05) is 13.0 Å².